The lowest BCUT2D eigenvalue weighted by atomic mass is 9.91. The molecule has 0 fully saturated rings. The predicted octanol–water partition coefficient (Wildman–Crippen LogP) is 5.24. The molecular weight excluding hydrogens is 258 g/mol. The van der Waals surface area contributed by atoms with Crippen molar-refractivity contribution in [2.45, 2.75) is 0 Å². The van der Waals surface area contributed by atoms with Gasteiger partial charge in [-0.15, -0.1) is 0 Å². The first-order valence-corrected chi connectivity index (χ1v) is 6.99. The lowest BCUT2D eigenvalue weighted by molar-refractivity contribution is 0.422. The Morgan fingerprint density at radius 2 is 1.38 bits per heavy atom. The molecule has 1 heterocycles. The fourth-order valence-corrected chi connectivity index (χ4v) is 3.31. The summed E-state index contributed by atoms with van der Waals surface area (Å²) in [6.45, 7) is 0. The quantitative estimate of drug-likeness (QED) is 0.389. The summed E-state index contributed by atoms with van der Waals surface area (Å²) in [4.78, 5) is 0. The van der Waals surface area contributed by atoms with Gasteiger partial charge in [0, 0.05) is 11.6 Å². The second-order valence-electron chi connectivity index (χ2n) is 5.35. The summed E-state index contributed by atoms with van der Waals surface area (Å²) in [5, 5.41) is 11.8. The van der Waals surface area contributed by atoms with Gasteiger partial charge in [-0.3, -0.25) is 0 Å². The van der Waals surface area contributed by atoms with Crippen LogP contribution in [0.2, 0.25) is 0 Å². The van der Waals surface area contributed by atoms with E-state index in [0.29, 0.717) is 0 Å². The summed E-state index contributed by atoms with van der Waals surface area (Å²) in [7, 11) is 0. The standard InChI is InChI=1S/C19H11NO/c1-2-12-4-5-14-6-8-15(17-10-11-21-20-17)16-9-7-13(3-1)18(12)19(14)16/h1-11H. The first kappa shape index (κ1) is 10.9. The molecule has 98 valence electrons. The largest absolute Gasteiger partial charge is 0.364 e. The maximum atomic E-state index is 5.01. The van der Waals surface area contributed by atoms with E-state index >= 15 is 0 Å². The lowest BCUT2D eigenvalue weighted by Crippen LogP contribution is -1.86. The molecule has 0 bridgehead atoms. The van der Waals surface area contributed by atoms with Crippen LogP contribution in [-0.2, 0) is 0 Å². The van der Waals surface area contributed by atoms with Crippen LogP contribution in [0.4, 0.5) is 0 Å². The molecule has 0 unspecified atom stereocenters. The van der Waals surface area contributed by atoms with Crippen molar-refractivity contribution in [2.75, 3.05) is 0 Å². The van der Waals surface area contributed by atoms with Crippen LogP contribution >= 0.6 is 0 Å². The van der Waals surface area contributed by atoms with Crippen molar-refractivity contribution in [3.8, 4) is 11.3 Å². The minimum absolute atomic E-state index is 0.882. The maximum absolute atomic E-state index is 5.01. The molecular formula is C19H11NO. The molecule has 5 aromatic rings. The van der Waals surface area contributed by atoms with Crippen LogP contribution in [0.15, 0.2) is 71.4 Å². The molecule has 0 spiro atoms. The highest BCUT2D eigenvalue weighted by atomic mass is 16.5. The second-order valence-corrected chi connectivity index (χ2v) is 5.35. The van der Waals surface area contributed by atoms with Crippen LogP contribution in [-0.4, -0.2) is 5.16 Å². The third-order valence-electron chi connectivity index (χ3n) is 4.24. The zero-order chi connectivity index (χ0) is 13.8. The SMILES string of the molecule is c1cc2ccc3ccc(-c4ccon4)c4ccc(c1)c2c34. The predicted molar refractivity (Wildman–Crippen MR) is 85.6 cm³/mol. The lowest BCUT2D eigenvalue weighted by Gasteiger charge is -2.12. The summed E-state index contributed by atoms with van der Waals surface area (Å²) < 4.78 is 5.01. The molecule has 21 heavy (non-hydrogen) atoms. The average molecular weight is 269 g/mol. The minimum Gasteiger partial charge on any atom is -0.364 e. The Kier molecular flexibility index (Phi) is 1.98. The van der Waals surface area contributed by atoms with Gasteiger partial charge in [-0.25, -0.2) is 0 Å². The van der Waals surface area contributed by atoms with E-state index in [1.807, 2.05) is 6.07 Å². The van der Waals surface area contributed by atoms with E-state index in [1.165, 1.54) is 32.3 Å². The van der Waals surface area contributed by atoms with Crippen LogP contribution in [0.25, 0.3) is 43.6 Å². The van der Waals surface area contributed by atoms with Gasteiger partial charge in [0.2, 0.25) is 0 Å². The molecule has 5 rings (SSSR count). The molecule has 0 saturated carbocycles. The first-order valence-electron chi connectivity index (χ1n) is 6.99. The van der Waals surface area contributed by atoms with Crippen LogP contribution in [0, 0.1) is 0 Å². The Bertz CT molecular complexity index is 1060. The molecule has 0 radical (unpaired) electrons. The Morgan fingerprint density at radius 3 is 2.14 bits per heavy atom. The van der Waals surface area contributed by atoms with Crippen LogP contribution in [0.5, 0.6) is 0 Å². The number of hydrogen-bond acceptors (Lipinski definition) is 2. The van der Waals surface area contributed by atoms with Crippen LogP contribution in [0.1, 0.15) is 0 Å². The second kappa shape index (κ2) is 3.83. The number of rotatable bonds is 1. The van der Waals surface area contributed by atoms with Gasteiger partial charge in [0.15, 0.2) is 0 Å². The summed E-state index contributed by atoms with van der Waals surface area (Å²) in [6.07, 6.45) is 1.62. The van der Waals surface area contributed by atoms with Gasteiger partial charge >= 0.3 is 0 Å². The van der Waals surface area contributed by atoms with Crippen LogP contribution < -0.4 is 0 Å². The van der Waals surface area contributed by atoms with Crippen molar-refractivity contribution in [3.63, 3.8) is 0 Å². The van der Waals surface area contributed by atoms with Crippen molar-refractivity contribution in [3.05, 3.63) is 66.9 Å². The van der Waals surface area contributed by atoms with Crippen molar-refractivity contribution in [2.24, 2.45) is 0 Å². The van der Waals surface area contributed by atoms with Crippen LogP contribution in [0.3, 0.4) is 0 Å². The van der Waals surface area contributed by atoms with Crippen molar-refractivity contribution < 1.29 is 4.52 Å². The van der Waals surface area contributed by atoms with Gasteiger partial charge in [-0.05, 0) is 32.3 Å². The molecule has 0 amide bonds. The summed E-state index contributed by atoms with van der Waals surface area (Å²) >= 11 is 0. The monoisotopic (exact) mass is 269 g/mol. The van der Waals surface area contributed by atoms with E-state index in [4.69, 9.17) is 4.52 Å². The highest BCUT2D eigenvalue weighted by molar-refractivity contribution is 6.25. The van der Waals surface area contributed by atoms with Gasteiger partial charge < -0.3 is 4.52 Å². The van der Waals surface area contributed by atoms with Gasteiger partial charge in [-0.2, -0.15) is 0 Å². The molecule has 0 saturated heterocycles. The Balaban J connectivity index is 2.07. The molecule has 0 aliphatic heterocycles. The Morgan fingerprint density at radius 1 is 0.667 bits per heavy atom. The van der Waals surface area contributed by atoms with Crippen molar-refractivity contribution in [1.82, 2.24) is 5.16 Å². The summed E-state index contributed by atoms with van der Waals surface area (Å²) in [6, 6.07) is 21.4. The normalized spacial score (nSPS) is 11.8. The number of hydrogen-bond donors (Lipinski definition) is 0. The molecule has 0 N–H and O–H groups in total. The fourth-order valence-electron chi connectivity index (χ4n) is 3.31. The fraction of sp³-hybridized carbons (Fsp3) is 0. The molecule has 2 nitrogen and oxygen atoms in total. The van der Waals surface area contributed by atoms with Crippen molar-refractivity contribution >= 4 is 32.3 Å². The number of nitrogens with zero attached hydrogens (tertiary/aromatic N) is 1. The number of benzene rings is 4. The van der Waals surface area contributed by atoms with E-state index in [9.17, 15) is 0 Å². The first-order chi connectivity index (χ1) is 10.4. The highest BCUT2D eigenvalue weighted by Gasteiger charge is 2.12. The smallest absolute Gasteiger partial charge is 0.124 e. The summed E-state index contributed by atoms with van der Waals surface area (Å²) in [5.41, 5.74) is 2.00. The minimum atomic E-state index is 0.882. The maximum Gasteiger partial charge on any atom is 0.124 e. The van der Waals surface area contributed by atoms with Gasteiger partial charge in [0.05, 0.1) is 0 Å². The van der Waals surface area contributed by atoms with Gasteiger partial charge in [0.1, 0.15) is 12.0 Å². The van der Waals surface area contributed by atoms with E-state index in [-0.39, 0.29) is 0 Å². The van der Waals surface area contributed by atoms with Gasteiger partial charge in [-0.1, -0.05) is 59.8 Å². The molecule has 0 aliphatic carbocycles. The topological polar surface area (TPSA) is 26.0 Å². The van der Waals surface area contributed by atoms with E-state index < -0.39 is 0 Å². The molecule has 1 aromatic heterocycles. The third kappa shape index (κ3) is 1.39. The van der Waals surface area contributed by atoms with Crippen molar-refractivity contribution in [1.29, 1.82) is 0 Å². The third-order valence-corrected chi connectivity index (χ3v) is 4.24. The molecule has 0 aliphatic rings. The van der Waals surface area contributed by atoms with Gasteiger partial charge in [0.25, 0.3) is 0 Å². The average Bonchev–Trinajstić information content (AvgIpc) is 3.07. The van der Waals surface area contributed by atoms with E-state index in [1.54, 1.807) is 6.26 Å². The molecule has 4 aromatic carbocycles. The molecule has 2 heteroatoms. The molecule has 0 atom stereocenters. The zero-order valence-corrected chi connectivity index (χ0v) is 11.2. The number of aromatic nitrogens is 1. The summed E-state index contributed by atoms with van der Waals surface area (Å²) in [5.74, 6) is 0. The zero-order valence-electron chi connectivity index (χ0n) is 11.2. The van der Waals surface area contributed by atoms with E-state index in [2.05, 4.69) is 59.8 Å². The van der Waals surface area contributed by atoms with E-state index in [0.717, 1.165) is 11.3 Å². The highest BCUT2D eigenvalue weighted by Crippen LogP contribution is 2.38. The Labute approximate surface area is 120 Å². The Hall–Kier alpha value is -2.87.